The number of nitrogens with one attached hydrogen (secondary N) is 1. The molecular weight excluding hydrogens is 276 g/mol. The Kier molecular flexibility index (Phi) is 3.52. The molecule has 0 bridgehead atoms. The Balaban J connectivity index is 2.01. The quantitative estimate of drug-likeness (QED) is 0.745. The third-order valence-corrected chi connectivity index (χ3v) is 4.54. The summed E-state index contributed by atoms with van der Waals surface area (Å²) in [5.74, 6) is 0.889. The standard InChI is InChI=1S/C13H14N4S2/c1-3-8-7-14-13(15-8)19-12-9-5-6-18-11(9)16-10(4-2)17-12/h5-7H,3-4H2,1-2H3,(H,14,15). The van der Waals surface area contributed by atoms with Crippen molar-refractivity contribution in [2.45, 2.75) is 36.9 Å². The van der Waals surface area contributed by atoms with Gasteiger partial charge in [-0.2, -0.15) is 0 Å². The number of nitrogens with zero attached hydrogens (tertiary/aromatic N) is 3. The molecule has 0 unspecified atom stereocenters. The maximum absolute atomic E-state index is 4.62. The fourth-order valence-electron chi connectivity index (χ4n) is 1.77. The number of aryl methyl sites for hydroxylation is 2. The first kappa shape index (κ1) is 12.6. The van der Waals surface area contributed by atoms with E-state index in [-0.39, 0.29) is 0 Å². The molecule has 98 valence electrons. The first-order valence-electron chi connectivity index (χ1n) is 6.26. The number of H-pyrrole nitrogens is 1. The normalized spacial score (nSPS) is 11.3. The Hall–Kier alpha value is -1.40. The van der Waals surface area contributed by atoms with Crippen molar-refractivity contribution in [3.63, 3.8) is 0 Å². The van der Waals surface area contributed by atoms with E-state index in [0.29, 0.717) is 0 Å². The predicted molar refractivity (Wildman–Crippen MR) is 78.9 cm³/mol. The van der Waals surface area contributed by atoms with Crippen LogP contribution in [0.15, 0.2) is 27.8 Å². The van der Waals surface area contributed by atoms with Gasteiger partial charge < -0.3 is 4.98 Å². The zero-order valence-electron chi connectivity index (χ0n) is 10.8. The Bertz CT molecular complexity index is 702. The van der Waals surface area contributed by atoms with E-state index in [9.17, 15) is 0 Å². The van der Waals surface area contributed by atoms with Gasteiger partial charge in [-0.15, -0.1) is 11.3 Å². The molecule has 0 aliphatic carbocycles. The average molecular weight is 290 g/mol. The van der Waals surface area contributed by atoms with Gasteiger partial charge in [-0.3, -0.25) is 0 Å². The number of aromatic nitrogens is 4. The number of fused-ring (bicyclic) bond motifs is 1. The zero-order valence-corrected chi connectivity index (χ0v) is 12.4. The maximum Gasteiger partial charge on any atom is 0.171 e. The smallest absolute Gasteiger partial charge is 0.171 e. The number of hydrogen-bond donors (Lipinski definition) is 1. The van der Waals surface area contributed by atoms with Crippen LogP contribution in [0.5, 0.6) is 0 Å². The van der Waals surface area contributed by atoms with E-state index in [0.717, 1.165) is 44.8 Å². The van der Waals surface area contributed by atoms with Crippen LogP contribution in [0.4, 0.5) is 0 Å². The monoisotopic (exact) mass is 290 g/mol. The van der Waals surface area contributed by atoms with Gasteiger partial charge in [0.15, 0.2) is 5.16 Å². The van der Waals surface area contributed by atoms with E-state index in [1.807, 2.05) is 6.20 Å². The molecule has 4 nitrogen and oxygen atoms in total. The van der Waals surface area contributed by atoms with Gasteiger partial charge in [0, 0.05) is 23.7 Å². The van der Waals surface area contributed by atoms with Gasteiger partial charge >= 0.3 is 0 Å². The van der Waals surface area contributed by atoms with E-state index in [1.165, 1.54) is 0 Å². The largest absolute Gasteiger partial charge is 0.337 e. The van der Waals surface area contributed by atoms with Crippen molar-refractivity contribution in [1.82, 2.24) is 19.9 Å². The van der Waals surface area contributed by atoms with Crippen molar-refractivity contribution >= 4 is 33.3 Å². The molecule has 0 aliphatic rings. The summed E-state index contributed by atoms with van der Waals surface area (Å²) in [5.41, 5.74) is 1.15. The van der Waals surface area contributed by atoms with Gasteiger partial charge in [-0.1, -0.05) is 13.8 Å². The Morgan fingerprint density at radius 1 is 1.26 bits per heavy atom. The molecule has 3 rings (SSSR count). The fourth-order valence-corrected chi connectivity index (χ4v) is 3.51. The second-order valence-corrected chi connectivity index (χ2v) is 5.98. The highest BCUT2D eigenvalue weighted by molar-refractivity contribution is 7.99. The molecule has 0 spiro atoms. The highest BCUT2D eigenvalue weighted by Gasteiger charge is 2.11. The minimum absolute atomic E-state index is 0.847. The summed E-state index contributed by atoms with van der Waals surface area (Å²) in [5, 5.41) is 5.05. The van der Waals surface area contributed by atoms with Crippen molar-refractivity contribution in [2.75, 3.05) is 0 Å². The van der Waals surface area contributed by atoms with Gasteiger partial charge in [0.1, 0.15) is 15.7 Å². The lowest BCUT2D eigenvalue weighted by Crippen LogP contribution is -1.94. The van der Waals surface area contributed by atoms with Crippen LogP contribution in [0.25, 0.3) is 10.2 Å². The third kappa shape index (κ3) is 2.50. The molecule has 0 fully saturated rings. The van der Waals surface area contributed by atoms with Crippen molar-refractivity contribution in [1.29, 1.82) is 0 Å². The van der Waals surface area contributed by atoms with E-state index in [1.54, 1.807) is 23.1 Å². The fraction of sp³-hybridized carbons (Fsp3) is 0.308. The molecule has 0 amide bonds. The molecule has 0 aliphatic heterocycles. The summed E-state index contributed by atoms with van der Waals surface area (Å²) in [6, 6.07) is 2.07. The minimum Gasteiger partial charge on any atom is -0.337 e. The number of imidazole rings is 1. The summed E-state index contributed by atoms with van der Waals surface area (Å²) in [7, 11) is 0. The third-order valence-electron chi connectivity index (χ3n) is 2.83. The predicted octanol–water partition coefficient (Wildman–Crippen LogP) is 3.69. The van der Waals surface area contributed by atoms with Crippen LogP contribution in [-0.4, -0.2) is 19.9 Å². The van der Waals surface area contributed by atoms with Gasteiger partial charge in [0.05, 0.1) is 0 Å². The number of thiophene rings is 1. The topological polar surface area (TPSA) is 54.5 Å². The molecule has 0 saturated carbocycles. The van der Waals surface area contributed by atoms with Gasteiger partial charge in [0.2, 0.25) is 0 Å². The Morgan fingerprint density at radius 2 is 2.16 bits per heavy atom. The molecule has 0 saturated heterocycles. The number of aromatic amines is 1. The molecule has 3 aromatic rings. The molecule has 3 aromatic heterocycles. The minimum atomic E-state index is 0.847. The second kappa shape index (κ2) is 5.30. The number of rotatable bonds is 4. The summed E-state index contributed by atoms with van der Waals surface area (Å²) in [4.78, 5) is 17.9. The Morgan fingerprint density at radius 3 is 2.89 bits per heavy atom. The van der Waals surface area contributed by atoms with Gasteiger partial charge in [-0.05, 0) is 29.6 Å². The van der Waals surface area contributed by atoms with Crippen LogP contribution in [0.2, 0.25) is 0 Å². The van der Waals surface area contributed by atoms with E-state index < -0.39 is 0 Å². The lowest BCUT2D eigenvalue weighted by Gasteiger charge is -2.02. The van der Waals surface area contributed by atoms with Crippen LogP contribution in [0.3, 0.4) is 0 Å². The van der Waals surface area contributed by atoms with Crippen molar-refractivity contribution in [3.05, 3.63) is 29.2 Å². The summed E-state index contributed by atoms with van der Waals surface area (Å²) in [6.07, 6.45) is 3.69. The molecule has 0 atom stereocenters. The van der Waals surface area contributed by atoms with Gasteiger partial charge in [0.25, 0.3) is 0 Å². The van der Waals surface area contributed by atoms with Crippen molar-refractivity contribution in [3.8, 4) is 0 Å². The van der Waals surface area contributed by atoms with Crippen LogP contribution < -0.4 is 0 Å². The van der Waals surface area contributed by atoms with E-state index in [4.69, 9.17) is 0 Å². The second-order valence-electron chi connectivity index (χ2n) is 4.11. The molecular formula is C13H14N4S2. The van der Waals surface area contributed by atoms with Crippen LogP contribution in [-0.2, 0) is 12.8 Å². The van der Waals surface area contributed by atoms with Crippen LogP contribution >= 0.6 is 23.1 Å². The first-order valence-corrected chi connectivity index (χ1v) is 7.95. The van der Waals surface area contributed by atoms with Crippen molar-refractivity contribution < 1.29 is 0 Å². The molecule has 0 aromatic carbocycles. The van der Waals surface area contributed by atoms with Gasteiger partial charge in [-0.25, -0.2) is 15.0 Å². The first-order chi connectivity index (χ1) is 9.30. The summed E-state index contributed by atoms with van der Waals surface area (Å²) < 4.78 is 0. The molecule has 6 heteroatoms. The molecule has 0 radical (unpaired) electrons. The van der Waals surface area contributed by atoms with E-state index >= 15 is 0 Å². The molecule has 3 heterocycles. The summed E-state index contributed by atoms with van der Waals surface area (Å²) in [6.45, 7) is 4.18. The van der Waals surface area contributed by atoms with Crippen LogP contribution in [0, 0.1) is 0 Å². The molecule has 1 N–H and O–H groups in total. The average Bonchev–Trinajstić information content (AvgIpc) is 3.06. The maximum atomic E-state index is 4.62. The lowest BCUT2D eigenvalue weighted by molar-refractivity contribution is 0.915. The number of hydrogen-bond acceptors (Lipinski definition) is 5. The lowest BCUT2D eigenvalue weighted by atomic mass is 10.4. The zero-order chi connectivity index (χ0) is 13.2. The molecule has 19 heavy (non-hydrogen) atoms. The highest BCUT2D eigenvalue weighted by atomic mass is 32.2. The van der Waals surface area contributed by atoms with Crippen molar-refractivity contribution in [2.24, 2.45) is 0 Å². The van der Waals surface area contributed by atoms with E-state index in [2.05, 4.69) is 45.2 Å². The Labute approximate surface area is 119 Å². The van der Waals surface area contributed by atoms with Crippen LogP contribution in [0.1, 0.15) is 25.4 Å². The highest BCUT2D eigenvalue weighted by Crippen LogP contribution is 2.32. The SMILES string of the molecule is CCc1nc(Sc2ncc(CC)[nH]2)c2ccsc2n1. The summed E-state index contributed by atoms with van der Waals surface area (Å²) >= 11 is 3.23.